The molecule has 0 radical (unpaired) electrons. The average Bonchev–Trinajstić information content (AvgIpc) is 2.66. The first-order valence-corrected chi connectivity index (χ1v) is 9.36. The number of ether oxygens (including phenoxy) is 2. The molecular formula is C18H18FNO6S. The molecule has 2 aromatic rings. The van der Waals surface area contributed by atoms with E-state index in [0.29, 0.717) is 0 Å². The zero-order valence-electron chi connectivity index (χ0n) is 14.7. The minimum Gasteiger partial charge on any atom is -0.468 e. The first-order valence-electron chi connectivity index (χ1n) is 7.92. The Hall–Kier alpha value is -2.94. The molecule has 0 aliphatic rings. The van der Waals surface area contributed by atoms with Crippen LogP contribution in [0.1, 0.15) is 17.3 Å². The van der Waals surface area contributed by atoms with Gasteiger partial charge in [-0.2, -0.15) is 0 Å². The van der Waals surface area contributed by atoms with E-state index in [0.717, 1.165) is 35.7 Å². The second-order valence-electron chi connectivity index (χ2n) is 5.28. The van der Waals surface area contributed by atoms with Crippen molar-refractivity contribution >= 4 is 27.6 Å². The van der Waals surface area contributed by atoms with Gasteiger partial charge in [0.05, 0.1) is 29.9 Å². The number of hydrogen-bond donors (Lipinski definition) is 0. The molecule has 7 nitrogen and oxygen atoms in total. The molecule has 0 heterocycles. The van der Waals surface area contributed by atoms with Gasteiger partial charge in [0, 0.05) is 0 Å². The maximum absolute atomic E-state index is 13.2. The molecule has 144 valence electrons. The fourth-order valence-corrected chi connectivity index (χ4v) is 3.72. The maximum atomic E-state index is 13.2. The van der Waals surface area contributed by atoms with Gasteiger partial charge in [0.1, 0.15) is 12.4 Å². The van der Waals surface area contributed by atoms with Gasteiger partial charge in [-0.05, 0) is 43.3 Å². The number of anilines is 1. The van der Waals surface area contributed by atoms with Crippen molar-refractivity contribution in [1.29, 1.82) is 0 Å². The lowest BCUT2D eigenvalue weighted by Crippen LogP contribution is -2.37. The molecule has 0 spiro atoms. The Kier molecular flexibility index (Phi) is 6.51. The van der Waals surface area contributed by atoms with Gasteiger partial charge < -0.3 is 9.47 Å². The molecule has 0 fully saturated rings. The molecule has 0 amide bonds. The Morgan fingerprint density at radius 2 is 1.70 bits per heavy atom. The number of carbonyl (C=O) groups excluding carboxylic acids is 2. The van der Waals surface area contributed by atoms with Crippen LogP contribution in [-0.2, 0) is 24.3 Å². The predicted octanol–water partition coefficient (Wildman–Crippen LogP) is 2.37. The quantitative estimate of drug-likeness (QED) is 0.669. The van der Waals surface area contributed by atoms with Crippen LogP contribution in [0.15, 0.2) is 53.4 Å². The van der Waals surface area contributed by atoms with Crippen molar-refractivity contribution in [2.45, 2.75) is 11.8 Å². The molecule has 0 unspecified atom stereocenters. The number of benzene rings is 2. The van der Waals surface area contributed by atoms with Gasteiger partial charge in [0.25, 0.3) is 10.0 Å². The summed E-state index contributed by atoms with van der Waals surface area (Å²) >= 11 is 0. The Morgan fingerprint density at radius 3 is 2.30 bits per heavy atom. The number of rotatable bonds is 7. The van der Waals surface area contributed by atoms with E-state index in [9.17, 15) is 22.4 Å². The number of sulfonamides is 1. The van der Waals surface area contributed by atoms with E-state index in [4.69, 9.17) is 4.74 Å². The van der Waals surface area contributed by atoms with Crippen LogP contribution in [0.5, 0.6) is 0 Å². The lowest BCUT2D eigenvalue weighted by molar-refractivity contribution is -0.138. The SMILES string of the molecule is CCOC(=O)c1ccccc1N(CC(=O)OC)S(=O)(=O)c1ccc(F)cc1. The Balaban J connectivity index is 2.61. The van der Waals surface area contributed by atoms with Gasteiger partial charge in [-0.1, -0.05) is 12.1 Å². The molecule has 0 aromatic heterocycles. The van der Waals surface area contributed by atoms with Crippen LogP contribution in [0, 0.1) is 5.82 Å². The summed E-state index contributed by atoms with van der Waals surface area (Å²) in [5, 5.41) is 0. The molecule has 0 atom stereocenters. The second kappa shape index (κ2) is 8.63. The number of nitrogens with zero attached hydrogens (tertiary/aromatic N) is 1. The van der Waals surface area contributed by atoms with Crippen molar-refractivity contribution in [2.24, 2.45) is 0 Å². The summed E-state index contributed by atoms with van der Waals surface area (Å²) in [5.74, 6) is -2.18. The largest absolute Gasteiger partial charge is 0.468 e. The van der Waals surface area contributed by atoms with E-state index < -0.39 is 34.3 Å². The normalized spacial score (nSPS) is 10.9. The molecule has 0 bridgehead atoms. The van der Waals surface area contributed by atoms with E-state index in [1.165, 1.54) is 24.3 Å². The van der Waals surface area contributed by atoms with Crippen molar-refractivity contribution < 1.29 is 31.9 Å². The van der Waals surface area contributed by atoms with E-state index in [1.54, 1.807) is 6.92 Å². The summed E-state index contributed by atoms with van der Waals surface area (Å²) in [6, 6.07) is 9.93. The van der Waals surface area contributed by atoms with Crippen molar-refractivity contribution in [3.05, 3.63) is 59.9 Å². The first-order chi connectivity index (χ1) is 12.8. The number of para-hydroxylation sites is 1. The maximum Gasteiger partial charge on any atom is 0.340 e. The van der Waals surface area contributed by atoms with E-state index in [1.807, 2.05) is 0 Å². The summed E-state index contributed by atoms with van der Waals surface area (Å²) in [4.78, 5) is 23.8. The van der Waals surface area contributed by atoms with Crippen LogP contribution in [0.2, 0.25) is 0 Å². The molecule has 0 aliphatic carbocycles. The molecule has 27 heavy (non-hydrogen) atoms. The van der Waals surface area contributed by atoms with Crippen molar-refractivity contribution in [3.8, 4) is 0 Å². The van der Waals surface area contributed by atoms with Crippen molar-refractivity contribution in [1.82, 2.24) is 0 Å². The minimum atomic E-state index is -4.29. The Morgan fingerprint density at radius 1 is 1.07 bits per heavy atom. The van der Waals surface area contributed by atoms with Gasteiger partial charge in [0.2, 0.25) is 0 Å². The highest BCUT2D eigenvalue weighted by Crippen LogP contribution is 2.28. The summed E-state index contributed by atoms with van der Waals surface area (Å²) in [5.41, 5.74) is -0.0837. The van der Waals surface area contributed by atoms with Gasteiger partial charge in [-0.3, -0.25) is 9.10 Å². The number of methoxy groups -OCH3 is 1. The second-order valence-corrected chi connectivity index (χ2v) is 7.14. The van der Waals surface area contributed by atoms with Gasteiger partial charge in [-0.25, -0.2) is 17.6 Å². The lowest BCUT2D eigenvalue weighted by atomic mass is 10.2. The van der Waals surface area contributed by atoms with E-state index >= 15 is 0 Å². The molecule has 0 N–H and O–H groups in total. The number of halogens is 1. The lowest BCUT2D eigenvalue weighted by Gasteiger charge is -2.25. The third kappa shape index (κ3) is 4.62. The smallest absolute Gasteiger partial charge is 0.340 e. The first kappa shape index (κ1) is 20.4. The summed E-state index contributed by atoms with van der Waals surface area (Å²) in [6.07, 6.45) is 0. The van der Waals surface area contributed by atoms with Crippen LogP contribution >= 0.6 is 0 Å². The van der Waals surface area contributed by atoms with Gasteiger partial charge >= 0.3 is 11.9 Å². The highest BCUT2D eigenvalue weighted by molar-refractivity contribution is 7.92. The highest BCUT2D eigenvalue weighted by atomic mass is 32.2. The molecular weight excluding hydrogens is 377 g/mol. The van der Waals surface area contributed by atoms with Crippen LogP contribution in [0.3, 0.4) is 0 Å². The van der Waals surface area contributed by atoms with Crippen LogP contribution in [0.25, 0.3) is 0 Å². The fourth-order valence-electron chi connectivity index (χ4n) is 2.29. The molecule has 0 saturated carbocycles. The minimum absolute atomic E-state index is 0.0334. The summed E-state index contributed by atoms with van der Waals surface area (Å²) in [6.45, 7) is 1.03. The molecule has 9 heteroatoms. The highest BCUT2D eigenvalue weighted by Gasteiger charge is 2.30. The monoisotopic (exact) mass is 395 g/mol. The fraction of sp³-hybridized carbons (Fsp3) is 0.222. The van der Waals surface area contributed by atoms with Gasteiger partial charge in [0.15, 0.2) is 0 Å². The Bertz CT molecular complexity index is 927. The van der Waals surface area contributed by atoms with Crippen molar-refractivity contribution in [2.75, 3.05) is 24.6 Å². The number of hydrogen-bond acceptors (Lipinski definition) is 6. The summed E-state index contributed by atoms with van der Waals surface area (Å²) < 4.78 is 49.6. The van der Waals surface area contributed by atoms with E-state index in [-0.39, 0.29) is 22.8 Å². The summed E-state index contributed by atoms with van der Waals surface area (Å²) in [7, 11) is -3.18. The topological polar surface area (TPSA) is 90.0 Å². The third-order valence-electron chi connectivity index (χ3n) is 3.57. The predicted molar refractivity (Wildman–Crippen MR) is 95.3 cm³/mol. The van der Waals surface area contributed by atoms with Crippen molar-refractivity contribution in [3.63, 3.8) is 0 Å². The molecule has 0 saturated heterocycles. The number of esters is 2. The van der Waals surface area contributed by atoms with Crippen LogP contribution in [0.4, 0.5) is 10.1 Å². The average molecular weight is 395 g/mol. The Labute approximate surface area is 156 Å². The molecule has 2 aromatic carbocycles. The van der Waals surface area contributed by atoms with Crippen LogP contribution < -0.4 is 4.31 Å². The van der Waals surface area contributed by atoms with E-state index in [2.05, 4.69) is 4.74 Å². The third-order valence-corrected chi connectivity index (χ3v) is 5.34. The zero-order chi connectivity index (χ0) is 20.0. The number of carbonyl (C=O) groups is 2. The molecule has 2 rings (SSSR count). The molecule has 0 aliphatic heterocycles. The standard InChI is InChI=1S/C18H18FNO6S/c1-3-26-18(22)15-6-4-5-7-16(15)20(12-17(21)25-2)27(23,24)14-10-8-13(19)9-11-14/h4-11H,3,12H2,1-2H3. The van der Waals surface area contributed by atoms with Crippen LogP contribution in [-0.4, -0.2) is 40.6 Å². The van der Waals surface area contributed by atoms with Gasteiger partial charge in [-0.15, -0.1) is 0 Å². The zero-order valence-corrected chi connectivity index (χ0v) is 15.5.